The van der Waals surface area contributed by atoms with Gasteiger partial charge in [-0.25, -0.2) is 4.98 Å². The summed E-state index contributed by atoms with van der Waals surface area (Å²) in [6, 6.07) is 5.15. The van der Waals surface area contributed by atoms with E-state index in [-0.39, 0.29) is 16.7 Å². The number of ether oxygens (including phenoxy) is 1. The number of nitrogens with one attached hydrogen (secondary N) is 2. The summed E-state index contributed by atoms with van der Waals surface area (Å²) >= 11 is 5.58. The highest BCUT2D eigenvalue weighted by Crippen LogP contribution is 2.36. The Labute approximate surface area is 135 Å². The van der Waals surface area contributed by atoms with E-state index in [1.807, 2.05) is 0 Å². The molecule has 0 amide bonds. The molecule has 0 atom stereocenters. The third kappa shape index (κ3) is 4.97. The Balaban J connectivity index is 2.14. The molecule has 2 rings (SSSR count). The average Bonchev–Trinajstić information content (AvgIpc) is 2.49. The predicted molar refractivity (Wildman–Crippen MR) is 82.1 cm³/mol. The van der Waals surface area contributed by atoms with Gasteiger partial charge in [-0.3, -0.25) is 0 Å². The Morgan fingerprint density at radius 1 is 1.26 bits per heavy atom. The number of halogens is 4. The first-order valence-corrected chi connectivity index (χ1v) is 6.97. The molecule has 23 heavy (non-hydrogen) atoms. The van der Waals surface area contributed by atoms with E-state index < -0.39 is 11.7 Å². The van der Waals surface area contributed by atoms with Gasteiger partial charge in [-0.2, -0.15) is 18.2 Å². The molecule has 0 radical (unpaired) electrons. The summed E-state index contributed by atoms with van der Waals surface area (Å²) in [6.07, 6.45) is -3.04. The van der Waals surface area contributed by atoms with Gasteiger partial charge in [0.2, 0.25) is 5.95 Å². The number of rotatable bonds is 6. The molecule has 1 aromatic carbocycles. The van der Waals surface area contributed by atoms with E-state index in [1.165, 1.54) is 18.3 Å². The van der Waals surface area contributed by atoms with Crippen LogP contribution in [0.5, 0.6) is 0 Å². The lowest BCUT2D eigenvalue weighted by molar-refractivity contribution is -0.137. The van der Waals surface area contributed by atoms with Gasteiger partial charge in [0.15, 0.2) is 0 Å². The zero-order valence-corrected chi connectivity index (χ0v) is 12.9. The van der Waals surface area contributed by atoms with Crippen molar-refractivity contribution in [1.29, 1.82) is 0 Å². The van der Waals surface area contributed by atoms with E-state index in [9.17, 15) is 13.2 Å². The lowest BCUT2D eigenvalue weighted by Gasteiger charge is -2.12. The number of anilines is 3. The van der Waals surface area contributed by atoms with E-state index in [4.69, 9.17) is 16.3 Å². The fraction of sp³-hybridized carbons (Fsp3) is 0.286. The fourth-order valence-corrected chi connectivity index (χ4v) is 1.97. The van der Waals surface area contributed by atoms with Gasteiger partial charge in [0.1, 0.15) is 5.82 Å². The van der Waals surface area contributed by atoms with Gasteiger partial charge in [0.25, 0.3) is 0 Å². The second-order valence-corrected chi connectivity index (χ2v) is 4.91. The summed E-state index contributed by atoms with van der Waals surface area (Å²) in [6.45, 7) is 1.05. The Hall–Kier alpha value is -2.06. The molecule has 2 N–H and O–H groups in total. The zero-order valence-electron chi connectivity index (χ0n) is 12.1. The van der Waals surface area contributed by atoms with Gasteiger partial charge in [0.05, 0.1) is 17.2 Å². The van der Waals surface area contributed by atoms with E-state index in [1.54, 1.807) is 13.2 Å². The van der Waals surface area contributed by atoms with Crippen LogP contribution in [-0.4, -0.2) is 30.2 Å². The van der Waals surface area contributed by atoms with Crippen LogP contribution in [0.15, 0.2) is 30.5 Å². The highest BCUT2D eigenvalue weighted by Gasteiger charge is 2.33. The van der Waals surface area contributed by atoms with Crippen LogP contribution in [0.2, 0.25) is 5.02 Å². The average molecular weight is 347 g/mol. The van der Waals surface area contributed by atoms with Gasteiger partial charge >= 0.3 is 6.18 Å². The van der Waals surface area contributed by atoms with Gasteiger partial charge in [-0.05, 0) is 24.3 Å². The molecule has 5 nitrogen and oxygen atoms in total. The number of alkyl halides is 3. The standard InChI is InChI=1S/C14H14ClF3N4O/c1-23-7-6-19-12-4-5-20-13(22-12)21-9-2-3-11(15)10(8-9)14(16,17)18/h2-5,8H,6-7H2,1H3,(H2,19,20,21,22). The van der Waals surface area contributed by atoms with Crippen LogP contribution < -0.4 is 10.6 Å². The molecular formula is C14H14ClF3N4O. The quantitative estimate of drug-likeness (QED) is 0.776. The Morgan fingerprint density at radius 2 is 2.04 bits per heavy atom. The van der Waals surface area contributed by atoms with Crippen molar-refractivity contribution in [1.82, 2.24) is 9.97 Å². The molecular weight excluding hydrogens is 333 g/mol. The molecule has 0 bridgehead atoms. The maximum absolute atomic E-state index is 12.8. The van der Waals surface area contributed by atoms with Crippen molar-refractivity contribution in [3.05, 3.63) is 41.0 Å². The molecule has 0 fully saturated rings. The predicted octanol–water partition coefficient (Wildman–Crippen LogP) is 3.95. The number of hydrogen-bond donors (Lipinski definition) is 2. The first-order valence-electron chi connectivity index (χ1n) is 6.60. The number of benzene rings is 1. The van der Waals surface area contributed by atoms with E-state index in [2.05, 4.69) is 20.6 Å². The Bertz CT molecular complexity index is 667. The van der Waals surface area contributed by atoms with Gasteiger partial charge < -0.3 is 15.4 Å². The minimum atomic E-state index is -4.53. The molecule has 2 aromatic rings. The van der Waals surface area contributed by atoms with Crippen LogP contribution in [0.4, 0.5) is 30.6 Å². The smallest absolute Gasteiger partial charge is 0.383 e. The maximum Gasteiger partial charge on any atom is 0.417 e. The first-order chi connectivity index (χ1) is 10.9. The number of methoxy groups -OCH3 is 1. The summed E-state index contributed by atoms with van der Waals surface area (Å²) in [5, 5.41) is 5.36. The molecule has 1 heterocycles. The van der Waals surface area contributed by atoms with Crippen LogP contribution in [0.25, 0.3) is 0 Å². The lowest BCUT2D eigenvalue weighted by atomic mass is 10.2. The Morgan fingerprint density at radius 3 is 2.74 bits per heavy atom. The van der Waals surface area contributed by atoms with Crippen molar-refractivity contribution < 1.29 is 17.9 Å². The number of aromatic nitrogens is 2. The van der Waals surface area contributed by atoms with Crippen molar-refractivity contribution in [2.24, 2.45) is 0 Å². The zero-order chi connectivity index (χ0) is 16.9. The molecule has 0 saturated carbocycles. The van der Waals surface area contributed by atoms with Crippen molar-refractivity contribution in [2.45, 2.75) is 6.18 Å². The van der Waals surface area contributed by atoms with Gasteiger partial charge in [-0.1, -0.05) is 11.6 Å². The van der Waals surface area contributed by atoms with Crippen LogP contribution in [0, 0.1) is 0 Å². The van der Waals surface area contributed by atoms with E-state index in [0.717, 1.165) is 6.07 Å². The minimum absolute atomic E-state index is 0.169. The molecule has 0 aliphatic rings. The second-order valence-electron chi connectivity index (χ2n) is 4.50. The van der Waals surface area contributed by atoms with Crippen molar-refractivity contribution in [2.75, 3.05) is 30.9 Å². The van der Waals surface area contributed by atoms with Crippen LogP contribution in [0.1, 0.15) is 5.56 Å². The maximum atomic E-state index is 12.8. The molecule has 0 saturated heterocycles. The SMILES string of the molecule is COCCNc1ccnc(Nc2ccc(Cl)c(C(F)(F)F)c2)n1. The Kier molecular flexibility index (Phi) is 5.62. The van der Waals surface area contributed by atoms with Gasteiger partial charge in [-0.15, -0.1) is 0 Å². The molecule has 9 heteroatoms. The molecule has 124 valence electrons. The second kappa shape index (κ2) is 7.47. The molecule has 1 aromatic heterocycles. The normalized spacial score (nSPS) is 11.3. The van der Waals surface area contributed by atoms with Crippen LogP contribution in [-0.2, 0) is 10.9 Å². The van der Waals surface area contributed by atoms with Crippen LogP contribution >= 0.6 is 11.6 Å². The van der Waals surface area contributed by atoms with Crippen molar-refractivity contribution in [3.63, 3.8) is 0 Å². The monoisotopic (exact) mass is 346 g/mol. The van der Waals surface area contributed by atoms with E-state index in [0.29, 0.717) is 19.0 Å². The first kappa shape index (κ1) is 17.3. The number of hydrogen-bond acceptors (Lipinski definition) is 5. The fourth-order valence-electron chi connectivity index (χ4n) is 1.75. The molecule has 0 aliphatic carbocycles. The summed E-state index contributed by atoms with van der Waals surface area (Å²) in [4.78, 5) is 8.12. The van der Waals surface area contributed by atoms with Crippen LogP contribution in [0.3, 0.4) is 0 Å². The summed E-state index contributed by atoms with van der Waals surface area (Å²) in [5.74, 6) is 0.701. The van der Waals surface area contributed by atoms with Gasteiger partial charge in [0, 0.05) is 25.5 Å². The largest absolute Gasteiger partial charge is 0.417 e. The third-order valence-electron chi connectivity index (χ3n) is 2.80. The minimum Gasteiger partial charge on any atom is -0.383 e. The lowest BCUT2D eigenvalue weighted by Crippen LogP contribution is -2.10. The van der Waals surface area contributed by atoms with Crippen molar-refractivity contribution in [3.8, 4) is 0 Å². The third-order valence-corrected chi connectivity index (χ3v) is 3.13. The summed E-state index contributed by atoms with van der Waals surface area (Å²) in [7, 11) is 1.58. The molecule has 0 spiro atoms. The molecule has 0 aliphatic heterocycles. The number of nitrogens with zero attached hydrogens (tertiary/aromatic N) is 2. The highest BCUT2D eigenvalue weighted by molar-refractivity contribution is 6.31. The summed E-state index contributed by atoms with van der Waals surface area (Å²) in [5.41, 5.74) is -0.727. The molecule has 0 unspecified atom stereocenters. The summed E-state index contributed by atoms with van der Waals surface area (Å²) < 4.78 is 43.4. The van der Waals surface area contributed by atoms with E-state index >= 15 is 0 Å². The highest BCUT2D eigenvalue weighted by atomic mass is 35.5. The van der Waals surface area contributed by atoms with Crippen molar-refractivity contribution >= 4 is 29.1 Å². The topological polar surface area (TPSA) is 59.1 Å².